The molecule has 0 amide bonds. The summed E-state index contributed by atoms with van der Waals surface area (Å²) in [6.07, 6.45) is 0. The SMILES string of the molecule is CC(=NO)c1ccc(NS(=O)(=O)c2ccccc2C)cc1. The Labute approximate surface area is 124 Å². The molecule has 0 aliphatic rings. The number of anilines is 1. The molecule has 0 atom stereocenters. The van der Waals surface area contributed by atoms with Gasteiger partial charge in [0.15, 0.2) is 0 Å². The number of sulfonamides is 1. The molecule has 2 aromatic carbocycles. The molecule has 0 heterocycles. The number of rotatable bonds is 4. The first-order valence-corrected chi connectivity index (χ1v) is 7.80. The second-order valence-electron chi connectivity index (χ2n) is 4.63. The molecule has 0 saturated carbocycles. The third kappa shape index (κ3) is 3.41. The average Bonchev–Trinajstić information content (AvgIpc) is 2.47. The fourth-order valence-corrected chi connectivity index (χ4v) is 3.21. The van der Waals surface area contributed by atoms with Crippen molar-refractivity contribution in [2.24, 2.45) is 5.16 Å². The van der Waals surface area contributed by atoms with Gasteiger partial charge in [-0.15, -0.1) is 0 Å². The maximum atomic E-state index is 12.3. The van der Waals surface area contributed by atoms with Crippen molar-refractivity contribution in [2.45, 2.75) is 18.7 Å². The van der Waals surface area contributed by atoms with Crippen molar-refractivity contribution in [1.82, 2.24) is 0 Å². The average molecular weight is 304 g/mol. The lowest BCUT2D eigenvalue weighted by Gasteiger charge is -2.10. The van der Waals surface area contributed by atoms with Gasteiger partial charge in [0, 0.05) is 5.69 Å². The van der Waals surface area contributed by atoms with Crippen molar-refractivity contribution in [1.29, 1.82) is 0 Å². The molecule has 6 heteroatoms. The molecule has 0 aromatic heterocycles. The fraction of sp³-hybridized carbons (Fsp3) is 0.133. The number of benzene rings is 2. The molecular weight excluding hydrogens is 288 g/mol. The zero-order valence-electron chi connectivity index (χ0n) is 11.7. The molecule has 0 aliphatic heterocycles. The van der Waals surface area contributed by atoms with Crippen LogP contribution in [-0.4, -0.2) is 19.3 Å². The number of hydrogen-bond donors (Lipinski definition) is 2. The number of oxime groups is 1. The van der Waals surface area contributed by atoms with Gasteiger partial charge in [0.25, 0.3) is 10.0 Å². The lowest BCUT2D eigenvalue weighted by Crippen LogP contribution is -2.14. The van der Waals surface area contributed by atoms with E-state index in [1.54, 1.807) is 62.4 Å². The molecule has 0 fully saturated rings. The molecule has 0 unspecified atom stereocenters. The van der Waals surface area contributed by atoms with Crippen LogP contribution >= 0.6 is 0 Å². The Hall–Kier alpha value is -2.34. The zero-order valence-corrected chi connectivity index (χ0v) is 12.6. The first-order valence-electron chi connectivity index (χ1n) is 6.31. The van der Waals surface area contributed by atoms with Crippen LogP contribution in [0.15, 0.2) is 58.6 Å². The summed E-state index contributed by atoms with van der Waals surface area (Å²) in [5.41, 5.74) is 2.32. The number of hydrogen-bond acceptors (Lipinski definition) is 4. The van der Waals surface area contributed by atoms with Gasteiger partial charge in [0.1, 0.15) is 0 Å². The maximum Gasteiger partial charge on any atom is 0.262 e. The van der Waals surface area contributed by atoms with Crippen molar-refractivity contribution in [3.05, 3.63) is 59.7 Å². The minimum Gasteiger partial charge on any atom is -0.411 e. The molecular formula is C15H16N2O3S. The molecule has 5 nitrogen and oxygen atoms in total. The fourth-order valence-electron chi connectivity index (χ4n) is 1.91. The van der Waals surface area contributed by atoms with Gasteiger partial charge in [-0.25, -0.2) is 8.42 Å². The van der Waals surface area contributed by atoms with Gasteiger partial charge in [-0.1, -0.05) is 35.5 Å². The van der Waals surface area contributed by atoms with Crippen LogP contribution in [0.2, 0.25) is 0 Å². The van der Waals surface area contributed by atoms with Gasteiger partial charge in [0.05, 0.1) is 10.6 Å². The Morgan fingerprint density at radius 2 is 1.71 bits per heavy atom. The van der Waals surface area contributed by atoms with E-state index in [1.807, 2.05) is 0 Å². The molecule has 0 bridgehead atoms. The molecule has 2 aromatic rings. The van der Waals surface area contributed by atoms with Crippen LogP contribution in [0.25, 0.3) is 0 Å². The van der Waals surface area contributed by atoms with Crippen molar-refractivity contribution in [3.63, 3.8) is 0 Å². The number of nitrogens with one attached hydrogen (secondary N) is 1. The number of nitrogens with zero attached hydrogens (tertiary/aromatic N) is 1. The van der Waals surface area contributed by atoms with Crippen molar-refractivity contribution >= 4 is 21.4 Å². The van der Waals surface area contributed by atoms with Crippen LogP contribution in [-0.2, 0) is 10.0 Å². The summed E-state index contributed by atoms with van der Waals surface area (Å²) in [5, 5.41) is 11.8. The van der Waals surface area contributed by atoms with E-state index < -0.39 is 10.0 Å². The van der Waals surface area contributed by atoms with Gasteiger partial charge in [-0.3, -0.25) is 4.72 Å². The Bertz CT molecular complexity index is 766. The highest BCUT2D eigenvalue weighted by molar-refractivity contribution is 7.92. The lowest BCUT2D eigenvalue weighted by atomic mass is 10.1. The third-order valence-corrected chi connectivity index (χ3v) is 4.63. The summed E-state index contributed by atoms with van der Waals surface area (Å²) in [4.78, 5) is 0.252. The van der Waals surface area contributed by atoms with E-state index in [9.17, 15) is 8.42 Å². The van der Waals surface area contributed by atoms with Crippen LogP contribution in [0.5, 0.6) is 0 Å². The Morgan fingerprint density at radius 1 is 1.10 bits per heavy atom. The zero-order chi connectivity index (χ0) is 15.5. The van der Waals surface area contributed by atoms with Crippen molar-refractivity contribution in [3.8, 4) is 0 Å². The first-order chi connectivity index (χ1) is 9.94. The molecule has 0 spiro atoms. The van der Waals surface area contributed by atoms with E-state index in [1.165, 1.54) is 0 Å². The first kappa shape index (κ1) is 15.1. The minimum absolute atomic E-state index is 0.252. The summed E-state index contributed by atoms with van der Waals surface area (Å²) in [6, 6.07) is 13.4. The molecule has 0 radical (unpaired) electrons. The molecule has 0 aliphatic carbocycles. The largest absolute Gasteiger partial charge is 0.411 e. The summed E-state index contributed by atoms with van der Waals surface area (Å²) < 4.78 is 27.2. The highest BCUT2D eigenvalue weighted by Crippen LogP contribution is 2.19. The quantitative estimate of drug-likeness (QED) is 0.518. The molecule has 0 saturated heterocycles. The van der Waals surface area contributed by atoms with Gasteiger partial charge in [-0.05, 0) is 43.2 Å². The van der Waals surface area contributed by atoms with E-state index in [0.29, 0.717) is 17.0 Å². The van der Waals surface area contributed by atoms with E-state index in [2.05, 4.69) is 9.88 Å². The highest BCUT2D eigenvalue weighted by Gasteiger charge is 2.16. The summed E-state index contributed by atoms with van der Waals surface area (Å²) in [6.45, 7) is 3.41. The van der Waals surface area contributed by atoms with E-state index in [-0.39, 0.29) is 4.90 Å². The topological polar surface area (TPSA) is 78.8 Å². The monoisotopic (exact) mass is 304 g/mol. The molecule has 110 valence electrons. The van der Waals surface area contributed by atoms with Gasteiger partial charge in [0.2, 0.25) is 0 Å². The van der Waals surface area contributed by atoms with Crippen molar-refractivity contribution < 1.29 is 13.6 Å². The smallest absolute Gasteiger partial charge is 0.262 e. The Morgan fingerprint density at radius 3 is 2.29 bits per heavy atom. The lowest BCUT2D eigenvalue weighted by molar-refractivity contribution is 0.319. The highest BCUT2D eigenvalue weighted by atomic mass is 32.2. The van der Waals surface area contributed by atoms with E-state index in [4.69, 9.17) is 5.21 Å². The third-order valence-electron chi connectivity index (χ3n) is 3.09. The normalized spacial score (nSPS) is 12.2. The Balaban J connectivity index is 2.28. The number of aryl methyl sites for hydroxylation is 1. The summed E-state index contributed by atoms with van der Waals surface area (Å²) in [5.74, 6) is 0. The van der Waals surface area contributed by atoms with Crippen LogP contribution < -0.4 is 4.72 Å². The molecule has 21 heavy (non-hydrogen) atoms. The van der Waals surface area contributed by atoms with Crippen LogP contribution in [0.1, 0.15) is 18.1 Å². The predicted molar refractivity (Wildman–Crippen MR) is 82.4 cm³/mol. The van der Waals surface area contributed by atoms with Crippen LogP contribution in [0.3, 0.4) is 0 Å². The van der Waals surface area contributed by atoms with Crippen LogP contribution in [0.4, 0.5) is 5.69 Å². The van der Waals surface area contributed by atoms with Gasteiger partial charge in [-0.2, -0.15) is 0 Å². The minimum atomic E-state index is -3.61. The maximum absolute atomic E-state index is 12.3. The molecule has 2 rings (SSSR count). The van der Waals surface area contributed by atoms with Crippen LogP contribution in [0, 0.1) is 6.92 Å². The van der Waals surface area contributed by atoms with Gasteiger partial charge < -0.3 is 5.21 Å². The Kier molecular flexibility index (Phi) is 4.28. The van der Waals surface area contributed by atoms with Crippen molar-refractivity contribution in [2.75, 3.05) is 4.72 Å². The standard InChI is InChI=1S/C15H16N2O3S/c1-11-5-3-4-6-15(11)21(19,20)17-14-9-7-13(8-10-14)12(2)16-18/h3-10,17-18H,1-2H3. The van der Waals surface area contributed by atoms with Gasteiger partial charge >= 0.3 is 0 Å². The molecule has 2 N–H and O–H groups in total. The summed E-state index contributed by atoms with van der Waals surface area (Å²) in [7, 11) is -3.61. The van der Waals surface area contributed by atoms with E-state index in [0.717, 1.165) is 5.56 Å². The second-order valence-corrected chi connectivity index (χ2v) is 6.28. The van der Waals surface area contributed by atoms with E-state index >= 15 is 0 Å². The summed E-state index contributed by atoms with van der Waals surface area (Å²) >= 11 is 0. The second kappa shape index (κ2) is 5.97. The predicted octanol–water partition coefficient (Wildman–Crippen LogP) is 2.99.